The molecule has 2 aromatic carbocycles. The summed E-state index contributed by atoms with van der Waals surface area (Å²) in [5, 5.41) is -0.149. The van der Waals surface area contributed by atoms with Gasteiger partial charge in [-0.15, -0.1) is 0 Å². The minimum atomic E-state index is -5.55. The third-order valence-electron chi connectivity index (χ3n) is 5.60. The van der Waals surface area contributed by atoms with Gasteiger partial charge < -0.3 is 15.4 Å². The van der Waals surface area contributed by atoms with Crippen LogP contribution in [0.1, 0.15) is 28.7 Å². The van der Waals surface area contributed by atoms with Gasteiger partial charge in [-0.25, -0.2) is 4.79 Å². The van der Waals surface area contributed by atoms with E-state index in [-0.39, 0.29) is 34.5 Å². The molecule has 3 rings (SSSR count). The molecule has 0 radical (unpaired) electrons. The van der Waals surface area contributed by atoms with Gasteiger partial charge in [0.05, 0.1) is 11.1 Å². The number of primary amides is 1. The summed E-state index contributed by atoms with van der Waals surface area (Å²) in [6, 6.07) is 2.86. The second-order valence-corrected chi connectivity index (χ2v) is 8.20. The molecule has 0 spiro atoms. The van der Waals surface area contributed by atoms with E-state index in [1.165, 1.54) is 6.07 Å². The molecule has 1 aliphatic heterocycles. The van der Waals surface area contributed by atoms with Crippen molar-refractivity contribution in [2.45, 2.75) is 37.0 Å². The van der Waals surface area contributed by atoms with Gasteiger partial charge in [-0.05, 0) is 42.3 Å². The van der Waals surface area contributed by atoms with Crippen LogP contribution in [0.15, 0.2) is 36.4 Å². The normalized spacial score (nSPS) is 19.1. The van der Waals surface area contributed by atoms with E-state index in [9.17, 15) is 49.1 Å². The van der Waals surface area contributed by atoms with Crippen LogP contribution in [0.4, 0.5) is 50.0 Å². The van der Waals surface area contributed by atoms with E-state index in [0.29, 0.717) is 4.90 Å². The van der Waals surface area contributed by atoms with Gasteiger partial charge in [0, 0.05) is 22.8 Å². The number of nitrogens with zero attached hydrogens (tertiary/aromatic N) is 1. The maximum atomic E-state index is 14.3. The molecule has 0 aliphatic carbocycles. The summed E-state index contributed by atoms with van der Waals surface area (Å²) in [7, 11) is 0. The second-order valence-electron chi connectivity index (χ2n) is 7.79. The van der Waals surface area contributed by atoms with E-state index >= 15 is 0 Å². The van der Waals surface area contributed by atoms with Crippen LogP contribution in [-0.2, 0) is 33.9 Å². The minimum Gasteiger partial charge on any atom is -0.445 e. The molecular formula is C21H14ClF9N2O3. The quantitative estimate of drug-likeness (QED) is 0.462. The Morgan fingerprint density at radius 3 is 1.97 bits per heavy atom. The van der Waals surface area contributed by atoms with Crippen molar-refractivity contribution in [3.8, 4) is 0 Å². The Bertz CT molecular complexity index is 1160. The van der Waals surface area contributed by atoms with Crippen molar-refractivity contribution in [2.75, 3.05) is 11.4 Å². The highest BCUT2D eigenvalue weighted by Crippen LogP contribution is 2.51. The van der Waals surface area contributed by atoms with E-state index in [4.69, 9.17) is 17.3 Å². The fourth-order valence-corrected chi connectivity index (χ4v) is 4.06. The molecular weight excluding hydrogens is 535 g/mol. The summed E-state index contributed by atoms with van der Waals surface area (Å²) in [5.41, 5.74) is -4.34. The average molecular weight is 549 g/mol. The molecule has 2 N–H and O–H groups in total. The van der Waals surface area contributed by atoms with Crippen LogP contribution in [0.3, 0.4) is 0 Å². The lowest BCUT2D eigenvalue weighted by Crippen LogP contribution is -2.49. The molecule has 0 aromatic heterocycles. The highest BCUT2D eigenvalue weighted by molar-refractivity contribution is 6.31. The van der Waals surface area contributed by atoms with Crippen LogP contribution >= 0.6 is 11.6 Å². The fourth-order valence-electron chi connectivity index (χ4n) is 3.83. The number of benzene rings is 2. The SMILES string of the molecule is NC(=O)OCc1ccc(N2CCC(c3cc(C(F)(F)F)cc(C(F)(F)F)c3)(C(F)(F)F)C2=O)cc1Cl. The van der Waals surface area contributed by atoms with Crippen molar-refractivity contribution < 1.29 is 53.8 Å². The number of nitrogens with two attached hydrogens (primary N) is 1. The van der Waals surface area contributed by atoms with E-state index in [0.717, 1.165) is 12.1 Å². The molecule has 1 atom stereocenters. The van der Waals surface area contributed by atoms with Crippen LogP contribution in [0, 0.1) is 0 Å². The van der Waals surface area contributed by atoms with Crippen LogP contribution in [0.25, 0.3) is 0 Å². The standard InChI is InChI=1S/C21H14ClF9N2O3/c22-15-8-14(2-1-10(15)9-36-17(32)35)33-4-3-18(16(33)34,21(29,30)31)11-5-12(19(23,24)25)7-13(6-11)20(26,27)28/h1-2,5-8H,3-4,9H2,(H2,32,35). The summed E-state index contributed by atoms with van der Waals surface area (Å²) in [6.07, 6.45) is -18.7. The third-order valence-corrected chi connectivity index (χ3v) is 5.96. The van der Waals surface area contributed by atoms with Crippen molar-refractivity contribution in [3.63, 3.8) is 0 Å². The van der Waals surface area contributed by atoms with E-state index < -0.39 is 72.2 Å². The number of carbonyl (C=O) groups is 2. The van der Waals surface area contributed by atoms with E-state index in [1.807, 2.05) is 0 Å². The van der Waals surface area contributed by atoms with Gasteiger partial charge >= 0.3 is 24.6 Å². The first-order valence-corrected chi connectivity index (χ1v) is 10.1. The third kappa shape index (κ3) is 5.04. The molecule has 1 unspecified atom stereocenters. The van der Waals surface area contributed by atoms with E-state index in [1.54, 1.807) is 0 Å². The summed E-state index contributed by atoms with van der Waals surface area (Å²) < 4.78 is 127. The van der Waals surface area contributed by atoms with Crippen molar-refractivity contribution in [2.24, 2.45) is 5.73 Å². The lowest BCUT2D eigenvalue weighted by molar-refractivity contribution is -0.191. The van der Waals surface area contributed by atoms with Crippen LogP contribution in [0.2, 0.25) is 5.02 Å². The Hall–Kier alpha value is -3.16. The average Bonchev–Trinajstić information content (AvgIpc) is 3.09. The summed E-state index contributed by atoms with van der Waals surface area (Å²) >= 11 is 6.02. The first-order chi connectivity index (χ1) is 16.4. The van der Waals surface area contributed by atoms with Gasteiger partial charge in [-0.2, -0.15) is 39.5 Å². The number of rotatable bonds is 4. The van der Waals surface area contributed by atoms with Crippen molar-refractivity contribution in [3.05, 3.63) is 63.7 Å². The fraction of sp³-hybridized carbons (Fsp3) is 0.333. The zero-order valence-corrected chi connectivity index (χ0v) is 18.4. The number of amides is 2. The van der Waals surface area contributed by atoms with Gasteiger partial charge in [0.2, 0.25) is 5.91 Å². The molecule has 2 aromatic rings. The summed E-state index contributed by atoms with van der Waals surface area (Å²) in [4.78, 5) is 24.4. The Balaban J connectivity index is 2.12. The number of ether oxygens (including phenoxy) is 1. The second kappa shape index (κ2) is 9.05. The zero-order valence-electron chi connectivity index (χ0n) is 17.6. The number of alkyl halides is 9. The predicted octanol–water partition coefficient (Wildman–Crippen LogP) is 6.21. The van der Waals surface area contributed by atoms with Gasteiger partial charge in [-0.1, -0.05) is 17.7 Å². The summed E-state index contributed by atoms with van der Waals surface area (Å²) in [5.74, 6) is -1.78. The molecule has 5 nitrogen and oxygen atoms in total. The van der Waals surface area contributed by atoms with Gasteiger partial charge in [-0.3, -0.25) is 4.79 Å². The number of carbonyl (C=O) groups excluding carboxylic acids is 2. The van der Waals surface area contributed by atoms with Gasteiger partial charge in [0.25, 0.3) is 0 Å². The van der Waals surface area contributed by atoms with Crippen LogP contribution in [-0.4, -0.2) is 24.7 Å². The summed E-state index contributed by atoms with van der Waals surface area (Å²) in [6.45, 7) is -1.09. The predicted molar refractivity (Wildman–Crippen MR) is 107 cm³/mol. The highest BCUT2D eigenvalue weighted by Gasteiger charge is 2.66. The molecule has 1 heterocycles. The monoisotopic (exact) mass is 548 g/mol. The number of anilines is 1. The smallest absolute Gasteiger partial charge is 0.416 e. The highest BCUT2D eigenvalue weighted by atomic mass is 35.5. The topological polar surface area (TPSA) is 72.6 Å². The maximum Gasteiger partial charge on any atom is 0.416 e. The molecule has 0 saturated carbocycles. The first kappa shape index (κ1) is 27.4. The molecule has 0 bridgehead atoms. The molecule has 1 saturated heterocycles. The van der Waals surface area contributed by atoms with Gasteiger partial charge in [0.15, 0.2) is 5.41 Å². The molecule has 36 heavy (non-hydrogen) atoms. The zero-order chi connectivity index (χ0) is 27.3. The molecule has 1 aliphatic rings. The van der Waals surface area contributed by atoms with E-state index in [2.05, 4.69) is 4.74 Å². The molecule has 196 valence electrons. The Kier molecular flexibility index (Phi) is 6.90. The van der Waals surface area contributed by atoms with Crippen molar-refractivity contribution >= 4 is 29.3 Å². The maximum absolute atomic E-state index is 14.3. The van der Waals surface area contributed by atoms with Crippen LogP contribution < -0.4 is 10.6 Å². The Morgan fingerprint density at radius 1 is 0.972 bits per heavy atom. The van der Waals surface area contributed by atoms with Crippen molar-refractivity contribution in [1.82, 2.24) is 0 Å². The lowest BCUT2D eigenvalue weighted by Gasteiger charge is -2.32. The Labute approximate surface area is 201 Å². The molecule has 1 fully saturated rings. The molecule has 15 heteroatoms. The number of hydrogen-bond donors (Lipinski definition) is 1. The first-order valence-electron chi connectivity index (χ1n) is 9.77. The van der Waals surface area contributed by atoms with Crippen LogP contribution in [0.5, 0.6) is 0 Å². The largest absolute Gasteiger partial charge is 0.445 e. The Morgan fingerprint density at radius 2 is 1.53 bits per heavy atom. The number of halogens is 10. The molecule has 2 amide bonds. The minimum absolute atomic E-state index is 0.0959. The van der Waals surface area contributed by atoms with Gasteiger partial charge in [0.1, 0.15) is 6.61 Å². The van der Waals surface area contributed by atoms with Crippen molar-refractivity contribution in [1.29, 1.82) is 0 Å². The lowest BCUT2D eigenvalue weighted by atomic mass is 9.77. The number of hydrogen-bond acceptors (Lipinski definition) is 3.